The zero-order valence-corrected chi connectivity index (χ0v) is 13.1. The Bertz CT molecular complexity index is 669. The van der Waals surface area contributed by atoms with Crippen LogP contribution in [-0.4, -0.2) is 19.7 Å². The largest absolute Gasteiger partial charge is 0.573 e. The van der Waals surface area contributed by atoms with E-state index in [4.69, 9.17) is 4.74 Å². The SMILES string of the molecule is COc1ccc(OC(F)(F)F)cc1-c1cc(C)ccc1SC. The van der Waals surface area contributed by atoms with Gasteiger partial charge in [-0.3, -0.25) is 0 Å². The van der Waals surface area contributed by atoms with Crippen molar-refractivity contribution < 1.29 is 22.6 Å². The van der Waals surface area contributed by atoms with E-state index < -0.39 is 6.36 Å². The van der Waals surface area contributed by atoms with Crippen LogP contribution in [0.15, 0.2) is 41.3 Å². The molecule has 22 heavy (non-hydrogen) atoms. The van der Waals surface area contributed by atoms with Gasteiger partial charge in [0.15, 0.2) is 0 Å². The van der Waals surface area contributed by atoms with E-state index in [1.807, 2.05) is 31.4 Å². The summed E-state index contributed by atoms with van der Waals surface area (Å²) in [6.45, 7) is 1.93. The van der Waals surface area contributed by atoms with Gasteiger partial charge in [0.05, 0.1) is 7.11 Å². The Balaban J connectivity index is 2.57. The van der Waals surface area contributed by atoms with Crippen LogP contribution in [0.4, 0.5) is 13.2 Å². The zero-order chi connectivity index (χ0) is 16.3. The molecule has 2 aromatic rings. The van der Waals surface area contributed by atoms with E-state index in [2.05, 4.69) is 4.74 Å². The molecule has 6 heteroatoms. The fraction of sp³-hybridized carbons (Fsp3) is 0.250. The summed E-state index contributed by atoms with van der Waals surface area (Å²) in [7, 11) is 1.48. The first-order chi connectivity index (χ1) is 10.3. The maximum atomic E-state index is 12.4. The van der Waals surface area contributed by atoms with Crippen molar-refractivity contribution in [1.29, 1.82) is 0 Å². The summed E-state index contributed by atoms with van der Waals surface area (Å²) in [5, 5.41) is 0. The lowest BCUT2D eigenvalue weighted by Crippen LogP contribution is -2.17. The standard InChI is InChI=1S/C16H15F3O2S/c1-10-4-7-15(22-3)13(8-10)12-9-11(21-16(17,18)19)5-6-14(12)20-2/h4-9H,1-3H3. The number of halogens is 3. The summed E-state index contributed by atoms with van der Waals surface area (Å²) in [5.74, 6) is 0.229. The molecule has 0 saturated carbocycles. The van der Waals surface area contributed by atoms with Crippen molar-refractivity contribution in [2.75, 3.05) is 13.4 Å². The molecule has 0 atom stereocenters. The van der Waals surface area contributed by atoms with Gasteiger partial charge in [-0.25, -0.2) is 0 Å². The number of benzene rings is 2. The number of alkyl halides is 3. The minimum absolute atomic E-state index is 0.267. The Morgan fingerprint density at radius 3 is 2.32 bits per heavy atom. The van der Waals surface area contributed by atoms with E-state index in [0.717, 1.165) is 16.0 Å². The van der Waals surface area contributed by atoms with Gasteiger partial charge >= 0.3 is 6.36 Å². The minimum Gasteiger partial charge on any atom is -0.496 e. The maximum absolute atomic E-state index is 12.4. The Hall–Kier alpha value is -1.82. The van der Waals surface area contributed by atoms with Gasteiger partial charge in [0.2, 0.25) is 0 Å². The van der Waals surface area contributed by atoms with E-state index in [1.54, 1.807) is 0 Å². The van der Waals surface area contributed by atoms with E-state index >= 15 is 0 Å². The number of hydrogen-bond acceptors (Lipinski definition) is 3. The fourth-order valence-corrected chi connectivity index (χ4v) is 2.72. The third-order valence-corrected chi connectivity index (χ3v) is 3.85. The minimum atomic E-state index is -4.72. The van der Waals surface area contributed by atoms with Gasteiger partial charge in [-0.2, -0.15) is 0 Å². The topological polar surface area (TPSA) is 18.5 Å². The van der Waals surface area contributed by atoms with Crippen molar-refractivity contribution in [1.82, 2.24) is 0 Å². The second-order valence-electron chi connectivity index (χ2n) is 4.61. The highest BCUT2D eigenvalue weighted by molar-refractivity contribution is 7.98. The number of thioether (sulfide) groups is 1. The molecule has 0 amide bonds. The number of ether oxygens (including phenoxy) is 2. The molecule has 0 fully saturated rings. The van der Waals surface area contributed by atoms with Gasteiger partial charge in [0.1, 0.15) is 11.5 Å². The normalized spacial score (nSPS) is 11.4. The van der Waals surface area contributed by atoms with Crippen molar-refractivity contribution in [2.45, 2.75) is 18.2 Å². The first-order valence-corrected chi connectivity index (χ1v) is 7.65. The molecule has 0 aromatic heterocycles. The van der Waals surface area contributed by atoms with Crippen LogP contribution in [0.25, 0.3) is 11.1 Å². The van der Waals surface area contributed by atoms with E-state index in [0.29, 0.717) is 11.3 Å². The summed E-state index contributed by atoms with van der Waals surface area (Å²) in [5.41, 5.74) is 2.39. The third-order valence-electron chi connectivity index (χ3n) is 3.05. The van der Waals surface area contributed by atoms with Crippen LogP contribution in [-0.2, 0) is 0 Å². The van der Waals surface area contributed by atoms with Crippen LogP contribution < -0.4 is 9.47 Å². The van der Waals surface area contributed by atoms with Gasteiger partial charge in [-0.1, -0.05) is 17.7 Å². The van der Waals surface area contributed by atoms with E-state index in [1.165, 1.54) is 37.1 Å². The summed E-state index contributed by atoms with van der Waals surface area (Å²) < 4.78 is 46.5. The molecule has 0 aliphatic rings. The van der Waals surface area contributed by atoms with Gasteiger partial charge in [-0.05, 0) is 43.0 Å². The van der Waals surface area contributed by atoms with Crippen LogP contribution in [0.1, 0.15) is 5.56 Å². The van der Waals surface area contributed by atoms with Crippen LogP contribution in [0.2, 0.25) is 0 Å². The lowest BCUT2D eigenvalue weighted by Gasteiger charge is -2.15. The van der Waals surface area contributed by atoms with Gasteiger partial charge < -0.3 is 9.47 Å². The Kier molecular flexibility index (Phi) is 4.90. The predicted octanol–water partition coefficient (Wildman–Crippen LogP) is 5.29. The highest BCUT2D eigenvalue weighted by Crippen LogP contribution is 2.39. The number of rotatable bonds is 4. The first kappa shape index (κ1) is 16.5. The van der Waals surface area contributed by atoms with Crippen LogP contribution in [0.3, 0.4) is 0 Å². The second kappa shape index (κ2) is 6.52. The fourth-order valence-electron chi connectivity index (χ4n) is 2.13. The van der Waals surface area contributed by atoms with E-state index in [-0.39, 0.29) is 5.75 Å². The lowest BCUT2D eigenvalue weighted by molar-refractivity contribution is -0.274. The van der Waals surface area contributed by atoms with Crippen molar-refractivity contribution >= 4 is 11.8 Å². The van der Waals surface area contributed by atoms with Crippen molar-refractivity contribution in [2.24, 2.45) is 0 Å². The Morgan fingerprint density at radius 1 is 1.00 bits per heavy atom. The summed E-state index contributed by atoms with van der Waals surface area (Å²) in [4.78, 5) is 0.952. The van der Waals surface area contributed by atoms with Crippen molar-refractivity contribution in [3.63, 3.8) is 0 Å². The van der Waals surface area contributed by atoms with Crippen LogP contribution in [0, 0.1) is 6.92 Å². The molecule has 0 saturated heterocycles. The predicted molar refractivity (Wildman–Crippen MR) is 81.6 cm³/mol. The molecular formula is C16H15F3O2S. The number of aryl methyl sites for hydroxylation is 1. The summed E-state index contributed by atoms with van der Waals surface area (Å²) in [6.07, 6.45) is -2.81. The Morgan fingerprint density at radius 2 is 1.73 bits per heavy atom. The molecule has 0 bridgehead atoms. The highest BCUT2D eigenvalue weighted by atomic mass is 32.2. The molecule has 2 rings (SSSR count). The molecule has 0 heterocycles. The van der Waals surface area contributed by atoms with Gasteiger partial charge in [0.25, 0.3) is 0 Å². The average Bonchev–Trinajstić information content (AvgIpc) is 2.45. The first-order valence-electron chi connectivity index (χ1n) is 6.43. The van der Waals surface area contributed by atoms with E-state index in [9.17, 15) is 13.2 Å². The van der Waals surface area contributed by atoms with Crippen molar-refractivity contribution in [3.8, 4) is 22.6 Å². The molecule has 0 spiro atoms. The van der Waals surface area contributed by atoms with Crippen LogP contribution >= 0.6 is 11.8 Å². The molecule has 0 aliphatic heterocycles. The zero-order valence-electron chi connectivity index (χ0n) is 12.3. The van der Waals surface area contributed by atoms with Gasteiger partial charge in [0, 0.05) is 10.5 Å². The monoisotopic (exact) mass is 328 g/mol. The third kappa shape index (κ3) is 3.88. The molecule has 0 unspecified atom stereocenters. The summed E-state index contributed by atoms with van der Waals surface area (Å²) in [6, 6.07) is 9.87. The second-order valence-corrected chi connectivity index (χ2v) is 5.46. The molecule has 0 aliphatic carbocycles. The molecular weight excluding hydrogens is 313 g/mol. The molecule has 0 N–H and O–H groups in total. The molecule has 2 nitrogen and oxygen atoms in total. The maximum Gasteiger partial charge on any atom is 0.573 e. The van der Waals surface area contributed by atoms with Gasteiger partial charge in [-0.15, -0.1) is 24.9 Å². The average molecular weight is 328 g/mol. The molecule has 0 radical (unpaired) electrons. The smallest absolute Gasteiger partial charge is 0.496 e. The highest BCUT2D eigenvalue weighted by Gasteiger charge is 2.31. The lowest BCUT2D eigenvalue weighted by atomic mass is 10.0. The summed E-state index contributed by atoms with van der Waals surface area (Å²) >= 11 is 1.52. The number of hydrogen-bond donors (Lipinski definition) is 0. The Labute approximate surface area is 131 Å². The molecule has 118 valence electrons. The van der Waals surface area contributed by atoms with Crippen LogP contribution in [0.5, 0.6) is 11.5 Å². The molecule has 2 aromatic carbocycles. The quantitative estimate of drug-likeness (QED) is 0.710. The van der Waals surface area contributed by atoms with Crippen molar-refractivity contribution in [3.05, 3.63) is 42.0 Å². The number of methoxy groups -OCH3 is 1.